The van der Waals surface area contributed by atoms with Crippen LogP contribution in [-0.4, -0.2) is 166 Å². The van der Waals surface area contributed by atoms with Crippen LogP contribution in [-0.2, 0) is 69.3 Å². The average molecular weight is 2110 g/mol. The summed E-state index contributed by atoms with van der Waals surface area (Å²) in [4.78, 5) is 36.7. The SMILES string of the molecule is CCCCCCCCCCCCCCCCC1(CCCCCCCCCCCCCCCC)OCC(COP(=O)([O-])OCCN)O1.CCCCCCCCCCCCCCCCC1(CCCCCCCCCCCCCCCC)OCC(COP(=O)([O-])OCC[N+](C)(C)C)O1.CCCCCCCCCCCCCCCCC1(CCCCCCCCCCCCCCCC)OCC(COP(=O)([O-])OCC[N+](C)(C)C)O1. The van der Waals surface area contributed by atoms with Gasteiger partial charge in [0.1, 0.15) is 44.6 Å². The van der Waals surface area contributed by atoms with E-state index in [1.54, 1.807) is 0 Å². The topological polar surface area (TPSA) is 257 Å². The van der Waals surface area contributed by atoms with E-state index >= 15 is 0 Å². The van der Waals surface area contributed by atoms with E-state index in [0.717, 1.165) is 77.0 Å². The number of phosphoric ester groups is 3. The Kier molecular flexibility index (Phi) is 97.2. The van der Waals surface area contributed by atoms with Crippen LogP contribution in [0.4, 0.5) is 0 Å². The summed E-state index contributed by atoms with van der Waals surface area (Å²) in [6.07, 6.45) is 116. The molecule has 6 unspecified atom stereocenters. The highest BCUT2D eigenvalue weighted by atomic mass is 31.2. The lowest BCUT2D eigenvalue weighted by molar-refractivity contribution is -0.870. The molecule has 864 valence electrons. The van der Waals surface area contributed by atoms with E-state index in [1.807, 2.05) is 42.3 Å². The maximum Gasteiger partial charge on any atom is 0.268 e. The van der Waals surface area contributed by atoms with Crippen LogP contribution in [0.15, 0.2) is 0 Å². The summed E-state index contributed by atoms with van der Waals surface area (Å²) in [7, 11) is -1.12. The minimum Gasteiger partial charge on any atom is -0.756 e. The second-order valence-electron chi connectivity index (χ2n) is 46.5. The summed E-state index contributed by atoms with van der Waals surface area (Å²) in [5.74, 6) is -1.84. The third-order valence-electron chi connectivity index (χ3n) is 29.9. The van der Waals surface area contributed by atoms with Crippen molar-refractivity contribution in [3.63, 3.8) is 0 Å². The van der Waals surface area contributed by atoms with Crippen molar-refractivity contribution in [2.24, 2.45) is 5.73 Å². The molecule has 0 amide bonds. The number of quaternary nitrogens is 2. The quantitative estimate of drug-likeness (QED) is 0.0337. The van der Waals surface area contributed by atoms with Gasteiger partial charge in [0.25, 0.3) is 23.5 Å². The number of nitrogens with zero attached hydrogens (tertiary/aromatic N) is 2. The van der Waals surface area contributed by atoms with Gasteiger partial charge in [-0.1, -0.05) is 542 Å². The second-order valence-corrected chi connectivity index (χ2v) is 50.7. The Morgan fingerprint density at radius 2 is 0.354 bits per heavy atom. The molecule has 0 spiro atoms. The average Bonchev–Trinajstić information content (AvgIpc) is 1.70. The zero-order valence-corrected chi connectivity index (χ0v) is 100. The monoisotopic (exact) mass is 2110 g/mol. The third kappa shape index (κ3) is 93.2. The predicted octanol–water partition coefficient (Wildman–Crippen LogP) is 35.4. The molecule has 3 fully saturated rings. The van der Waals surface area contributed by atoms with E-state index in [0.29, 0.717) is 41.9 Å². The maximum atomic E-state index is 12.4. The first-order chi connectivity index (χ1) is 69.7. The zero-order valence-electron chi connectivity index (χ0n) is 97.5. The van der Waals surface area contributed by atoms with Gasteiger partial charge in [0, 0.05) is 45.1 Å². The minimum absolute atomic E-state index is 0.0512. The number of nitrogens with two attached hydrogens (primary N) is 1. The lowest BCUT2D eigenvalue weighted by Crippen LogP contribution is -2.37. The lowest BCUT2D eigenvalue weighted by Gasteiger charge is -2.29. The number of unbranched alkanes of at least 4 members (excludes halogenated alkanes) is 78. The highest BCUT2D eigenvalue weighted by molar-refractivity contribution is 7.46. The van der Waals surface area contributed by atoms with Crippen molar-refractivity contribution in [2.45, 2.75) is 655 Å². The van der Waals surface area contributed by atoms with Crippen LogP contribution in [0.25, 0.3) is 0 Å². The Morgan fingerprint density at radius 3 is 0.486 bits per heavy atom. The molecular weight excluding hydrogens is 1860 g/mol. The van der Waals surface area contributed by atoms with E-state index in [4.69, 9.17) is 61.3 Å². The molecular formula is C120H245N3O18P3-. The van der Waals surface area contributed by atoms with E-state index < -0.39 is 46.9 Å². The maximum absolute atomic E-state index is 12.4. The van der Waals surface area contributed by atoms with Gasteiger partial charge in [-0.25, -0.2) is 0 Å². The predicted molar refractivity (Wildman–Crippen MR) is 604 cm³/mol. The van der Waals surface area contributed by atoms with Crippen molar-refractivity contribution in [1.29, 1.82) is 0 Å². The molecule has 3 aliphatic heterocycles. The van der Waals surface area contributed by atoms with Crippen LogP contribution < -0.4 is 20.4 Å². The van der Waals surface area contributed by atoms with Crippen LogP contribution in [0.2, 0.25) is 0 Å². The Bertz CT molecular complexity index is 2600. The molecule has 3 saturated heterocycles. The number of hydrogen-bond acceptors (Lipinski definition) is 19. The Balaban J connectivity index is 0.00000108. The second kappa shape index (κ2) is 98.6. The van der Waals surface area contributed by atoms with Gasteiger partial charge in [-0.15, -0.1) is 0 Å². The molecule has 0 aromatic heterocycles. The van der Waals surface area contributed by atoms with E-state index in [2.05, 4.69) is 41.5 Å². The molecule has 2 N–H and O–H groups in total. The van der Waals surface area contributed by atoms with Crippen molar-refractivity contribution >= 4 is 23.5 Å². The molecule has 0 radical (unpaired) electrons. The summed E-state index contributed by atoms with van der Waals surface area (Å²) in [5.41, 5.74) is 5.36. The van der Waals surface area contributed by atoms with Crippen molar-refractivity contribution in [1.82, 2.24) is 0 Å². The zero-order chi connectivity index (χ0) is 105. The molecule has 21 nitrogen and oxygen atoms in total. The molecule has 0 aliphatic carbocycles. The van der Waals surface area contributed by atoms with Gasteiger partial charge < -0.3 is 84.9 Å². The number of likely N-dealkylation sites (N-methyl/N-ethyl adjacent to an activating group) is 2. The number of phosphoric acid groups is 3. The number of rotatable bonds is 110. The minimum atomic E-state index is -4.37. The third-order valence-corrected chi connectivity index (χ3v) is 32.7. The van der Waals surface area contributed by atoms with E-state index in [9.17, 15) is 28.4 Å². The normalized spacial score (nSPS) is 17.5. The Morgan fingerprint density at radius 1 is 0.222 bits per heavy atom. The van der Waals surface area contributed by atoms with Crippen LogP contribution in [0, 0.1) is 0 Å². The first kappa shape index (κ1) is 142. The molecule has 144 heavy (non-hydrogen) atoms. The number of hydrogen-bond donors (Lipinski definition) is 1. The van der Waals surface area contributed by atoms with E-state index in [-0.39, 0.29) is 58.4 Å². The van der Waals surface area contributed by atoms with Crippen LogP contribution in [0.5, 0.6) is 0 Å². The van der Waals surface area contributed by atoms with Crippen molar-refractivity contribution in [2.75, 3.05) is 121 Å². The summed E-state index contributed by atoms with van der Waals surface area (Å²) < 4.78 is 107. The largest absolute Gasteiger partial charge is 0.756 e. The van der Waals surface area contributed by atoms with Gasteiger partial charge in [-0.05, 0) is 38.5 Å². The van der Waals surface area contributed by atoms with Gasteiger partial charge in [-0.2, -0.15) is 0 Å². The smallest absolute Gasteiger partial charge is 0.268 e. The molecule has 6 atom stereocenters. The molecule has 24 heteroatoms. The van der Waals surface area contributed by atoms with Gasteiger partial charge in [0.05, 0.1) is 88.5 Å². The highest BCUT2D eigenvalue weighted by Gasteiger charge is 2.44. The summed E-state index contributed by atoms with van der Waals surface area (Å²) in [6.45, 7) is 16.0. The number of ether oxygens (including phenoxy) is 6. The van der Waals surface area contributed by atoms with Crippen molar-refractivity contribution in [3.8, 4) is 0 Å². The molecule has 0 aromatic carbocycles. The summed E-state index contributed by atoms with van der Waals surface area (Å²) in [6, 6.07) is 0. The van der Waals surface area contributed by atoms with Crippen molar-refractivity contribution < 1.29 is 92.9 Å². The van der Waals surface area contributed by atoms with Crippen LogP contribution in [0.3, 0.4) is 0 Å². The Hall–Kier alpha value is -0.0300. The lowest BCUT2D eigenvalue weighted by atomic mass is 9.98. The van der Waals surface area contributed by atoms with E-state index in [1.165, 1.54) is 501 Å². The van der Waals surface area contributed by atoms with Gasteiger partial charge >= 0.3 is 0 Å². The fourth-order valence-electron chi connectivity index (χ4n) is 20.4. The molecule has 0 aromatic rings. The fourth-order valence-corrected chi connectivity index (χ4v) is 22.7. The molecule has 3 heterocycles. The molecule has 0 saturated carbocycles. The standard InChI is InChI=1S/2C41H84NO6P.C38H78NO6P/c2*1-6-8-10-12-14-16-18-20-22-24-26-28-30-32-34-41(35-33-31-29-27-25-23-21-19-17-15-13-11-9-7-2)45-38-40(48-41)39-47-49(43,44)46-37-36-42(3,4)5;1-3-5-7-9-11-13-15-17-19-21-23-25-27-29-31-38(42-35-37(45-38)36-44-46(40,41)43-34-33-39)32-30-28-26-24-22-20-18-16-14-12-10-8-6-4-2/h2*40H,6-39H2,1-5H3;37H,3-36,39H2,1-2H3,(H,40,41)/p-1. The Labute approximate surface area is 893 Å². The molecule has 3 aliphatic rings. The van der Waals surface area contributed by atoms with Gasteiger partial charge in [0.15, 0.2) is 17.4 Å². The van der Waals surface area contributed by atoms with Gasteiger partial charge in [-0.3, -0.25) is 13.7 Å². The van der Waals surface area contributed by atoms with Gasteiger partial charge in [0.2, 0.25) is 0 Å². The fraction of sp³-hybridized carbons (Fsp3) is 1.00. The van der Waals surface area contributed by atoms with Crippen molar-refractivity contribution in [3.05, 3.63) is 0 Å². The van der Waals surface area contributed by atoms with Crippen LogP contribution >= 0.6 is 23.5 Å². The highest BCUT2D eigenvalue weighted by Crippen LogP contribution is 2.45. The first-order valence-corrected chi connectivity index (χ1v) is 67.1. The first-order valence-electron chi connectivity index (χ1n) is 62.8. The van der Waals surface area contributed by atoms with Crippen LogP contribution in [0.1, 0.15) is 619 Å². The summed E-state index contributed by atoms with van der Waals surface area (Å²) >= 11 is 0. The molecule has 0 bridgehead atoms. The molecule has 3 rings (SSSR count). The summed E-state index contributed by atoms with van der Waals surface area (Å²) in [5, 5.41) is 0.